The number of carboxylic acid groups (broad SMARTS) is 1. The number of nitrogens with zero attached hydrogens (tertiary/aromatic N) is 1. The van der Waals surface area contributed by atoms with Gasteiger partial charge in [0.1, 0.15) is 6.54 Å². The summed E-state index contributed by atoms with van der Waals surface area (Å²) in [5.74, 6) is -1.05. The summed E-state index contributed by atoms with van der Waals surface area (Å²) in [6.45, 7) is 7.21. The number of aryl methyl sites for hydroxylation is 1. The first-order valence-electron chi connectivity index (χ1n) is 6.39. The lowest BCUT2D eigenvalue weighted by atomic mass is 10.0. The van der Waals surface area contributed by atoms with E-state index in [1.807, 2.05) is 38.1 Å². The van der Waals surface area contributed by atoms with Crippen molar-refractivity contribution in [2.75, 3.05) is 13.1 Å². The fourth-order valence-corrected chi connectivity index (χ4v) is 1.97. The smallest absolute Gasteiger partial charge is 0.323 e. The Bertz CT molecular complexity index is 500. The minimum absolute atomic E-state index is 0.190. The quantitative estimate of drug-likeness (QED) is 0.783. The Labute approximate surface area is 118 Å². The molecule has 108 valence electrons. The van der Waals surface area contributed by atoms with Gasteiger partial charge in [0.2, 0.25) is 0 Å². The largest absolute Gasteiger partial charge is 0.480 e. The van der Waals surface area contributed by atoms with E-state index in [4.69, 9.17) is 5.11 Å². The van der Waals surface area contributed by atoms with Gasteiger partial charge in [0.05, 0.1) is 6.04 Å². The van der Waals surface area contributed by atoms with E-state index >= 15 is 0 Å². The maximum absolute atomic E-state index is 12.1. The Balaban J connectivity index is 2.74. The number of benzene rings is 1. The minimum Gasteiger partial charge on any atom is -0.480 e. The molecule has 0 aliphatic heterocycles. The molecule has 0 radical (unpaired) electrons. The van der Waals surface area contributed by atoms with Gasteiger partial charge in [-0.05, 0) is 25.0 Å². The zero-order valence-corrected chi connectivity index (χ0v) is 11.8. The third kappa shape index (κ3) is 4.42. The highest BCUT2D eigenvalue weighted by Crippen LogP contribution is 2.16. The summed E-state index contributed by atoms with van der Waals surface area (Å²) in [5.41, 5.74) is 2.09. The van der Waals surface area contributed by atoms with E-state index in [1.165, 1.54) is 11.0 Å². The number of hydrogen-bond donors (Lipinski definition) is 2. The van der Waals surface area contributed by atoms with Gasteiger partial charge in [-0.1, -0.05) is 30.3 Å². The molecule has 0 heterocycles. The Kier molecular flexibility index (Phi) is 5.77. The van der Waals surface area contributed by atoms with Crippen molar-refractivity contribution >= 4 is 12.0 Å². The second kappa shape index (κ2) is 7.33. The molecule has 0 spiro atoms. The lowest BCUT2D eigenvalue weighted by Gasteiger charge is -2.23. The Morgan fingerprint density at radius 2 is 2.10 bits per heavy atom. The number of carboxylic acids is 1. The number of aliphatic carboxylic acids is 1. The summed E-state index contributed by atoms with van der Waals surface area (Å²) in [4.78, 5) is 24.0. The molecule has 0 aliphatic rings. The van der Waals surface area contributed by atoms with Crippen molar-refractivity contribution in [3.8, 4) is 0 Å². The number of nitrogens with one attached hydrogen (secondary N) is 1. The average Bonchev–Trinajstić information content (AvgIpc) is 2.38. The second-order valence-electron chi connectivity index (χ2n) is 4.59. The summed E-state index contributed by atoms with van der Waals surface area (Å²) < 4.78 is 0. The van der Waals surface area contributed by atoms with Gasteiger partial charge in [-0.2, -0.15) is 0 Å². The van der Waals surface area contributed by atoms with E-state index in [2.05, 4.69) is 11.9 Å². The highest BCUT2D eigenvalue weighted by molar-refractivity contribution is 5.80. The average molecular weight is 276 g/mol. The number of rotatable bonds is 6. The van der Waals surface area contributed by atoms with Crippen molar-refractivity contribution < 1.29 is 14.7 Å². The van der Waals surface area contributed by atoms with Crippen LogP contribution in [0.1, 0.15) is 24.1 Å². The number of amides is 2. The van der Waals surface area contributed by atoms with Crippen molar-refractivity contribution in [1.29, 1.82) is 0 Å². The molecule has 1 aromatic rings. The zero-order chi connectivity index (χ0) is 15.1. The van der Waals surface area contributed by atoms with Crippen LogP contribution in [0, 0.1) is 6.92 Å². The van der Waals surface area contributed by atoms with Crippen LogP contribution in [0.2, 0.25) is 0 Å². The van der Waals surface area contributed by atoms with Crippen LogP contribution in [0.25, 0.3) is 0 Å². The first kappa shape index (κ1) is 15.8. The van der Waals surface area contributed by atoms with Gasteiger partial charge >= 0.3 is 12.0 Å². The molecule has 1 rings (SSSR count). The first-order chi connectivity index (χ1) is 9.45. The predicted octanol–water partition coefficient (Wildman–Crippen LogP) is 2.34. The molecule has 0 aromatic heterocycles. The SMILES string of the molecule is C=CCN(CC(=O)O)C(=O)NC(C)c1ccccc1C. The van der Waals surface area contributed by atoms with Crippen LogP contribution in [0.5, 0.6) is 0 Å². The van der Waals surface area contributed by atoms with Crippen molar-refractivity contribution in [2.24, 2.45) is 0 Å². The van der Waals surface area contributed by atoms with Crippen molar-refractivity contribution in [3.63, 3.8) is 0 Å². The van der Waals surface area contributed by atoms with Gasteiger partial charge in [-0.3, -0.25) is 4.79 Å². The molecule has 0 saturated carbocycles. The van der Waals surface area contributed by atoms with Crippen molar-refractivity contribution in [3.05, 3.63) is 48.0 Å². The fraction of sp³-hybridized carbons (Fsp3) is 0.333. The lowest BCUT2D eigenvalue weighted by Crippen LogP contribution is -2.43. The third-order valence-corrected chi connectivity index (χ3v) is 2.96. The van der Waals surface area contributed by atoms with Gasteiger partial charge in [-0.15, -0.1) is 6.58 Å². The van der Waals surface area contributed by atoms with Crippen LogP contribution in [0.4, 0.5) is 4.79 Å². The van der Waals surface area contributed by atoms with Gasteiger partial charge in [0, 0.05) is 6.54 Å². The van der Waals surface area contributed by atoms with Crippen LogP contribution >= 0.6 is 0 Å². The Hall–Kier alpha value is -2.30. The van der Waals surface area contributed by atoms with Gasteiger partial charge in [0.25, 0.3) is 0 Å². The molecule has 2 amide bonds. The molecule has 0 bridgehead atoms. The van der Waals surface area contributed by atoms with Crippen LogP contribution in [-0.2, 0) is 4.79 Å². The van der Waals surface area contributed by atoms with Crippen LogP contribution in [0.15, 0.2) is 36.9 Å². The van der Waals surface area contributed by atoms with Crippen LogP contribution < -0.4 is 5.32 Å². The van der Waals surface area contributed by atoms with E-state index in [0.717, 1.165) is 11.1 Å². The maximum atomic E-state index is 12.1. The number of carbonyl (C=O) groups excluding carboxylic acids is 1. The molecule has 1 aromatic carbocycles. The summed E-state index contributed by atoms with van der Waals surface area (Å²) in [5, 5.41) is 11.6. The minimum atomic E-state index is -1.05. The fourth-order valence-electron chi connectivity index (χ4n) is 1.97. The molecular weight excluding hydrogens is 256 g/mol. The van der Waals surface area contributed by atoms with E-state index in [-0.39, 0.29) is 19.1 Å². The maximum Gasteiger partial charge on any atom is 0.323 e. The molecule has 1 atom stereocenters. The monoisotopic (exact) mass is 276 g/mol. The molecule has 0 saturated heterocycles. The van der Waals surface area contributed by atoms with Crippen LogP contribution in [0.3, 0.4) is 0 Å². The summed E-state index contributed by atoms with van der Waals surface area (Å²) in [6.07, 6.45) is 1.50. The summed E-state index contributed by atoms with van der Waals surface area (Å²) in [6, 6.07) is 7.14. The highest BCUT2D eigenvalue weighted by atomic mass is 16.4. The van der Waals surface area contributed by atoms with Gasteiger partial charge in [0.15, 0.2) is 0 Å². The molecule has 2 N–H and O–H groups in total. The molecule has 1 unspecified atom stereocenters. The Morgan fingerprint density at radius 3 is 2.65 bits per heavy atom. The first-order valence-corrected chi connectivity index (χ1v) is 6.39. The molecule has 20 heavy (non-hydrogen) atoms. The van der Waals surface area contributed by atoms with Crippen molar-refractivity contribution in [2.45, 2.75) is 19.9 Å². The van der Waals surface area contributed by atoms with Crippen LogP contribution in [-0.4, -0.2) is 35.1 Å². The standard InChI is InChI=1S/C15H20N2O3/c1-4-9-17(10-14(18)19)15(20)16-12(3)13-8-6-5-7-11(13)2/h4-8,12H,1,9-10H2,2-3H3,(H,16,20)(H,18,19). The van der Waals surface area contributed by atoms with Gasteiger partial charge in [-0.25, -0.2) is 4.79 Å². The number of carbonyl (C=O) groups is 2. The molecular formula is C15H20N2O3. The van der Waals surface area contributed by atoms with E-state index in [0.29, 0.717) is 0 Å². The van der Waals surface area contributed by atoms with Gasteiger partial charge < -0.3 is 15.3 Å². The highest BCUT2D eigenvalue weighted by Gasteiger charge is 2.18. The van der Waals surface area contributed by atoms with Crippen molar-refractivity contribution in [1.82, 2.24) is 10.2 Å². The molecule has 5 heteroatoms. The lowest BCUT2D eigenvalue weighted by molar-refractivity contribution is -0.137. The number of urea groups is 1. The van der Waals surface area contributed by atoms with E-state index < -0.39 is 12.0 Å². The van der Waals surface area contributed by atoms with E-state index in [1.54, 1.807) is 0 Å². The third-order valence-electron chi connectivity index (χ3n) is 2.96. The second-order valence-corrected chi connectivity index (χ2v) is 4.59. The summed E-state index contributed by atoms with van der Waals surface area (Å²) >= 11 is 0. The summed E-state index contributed by atoms with van der Waals surface area (Å²) in [7, 11) is 0. The topological polar surface area (TPSA) is 69.6 Å². The predicted molar refractivity (Wildman–Crippen MR) is 77.5 cm³/mol. The molecule has 0 aliphatic carbocycles. The number of hydrogen-bond acceptors (Lipinski definition) is 2. The molecule has 0 fully saturated rings. The van der Waals surface area contributed by atoms with E-state index in [9.17, 15) is 9.59 Å². The molecule has 5 nitrogen and oxygen atoms in total. The normalized spacial score (nSPS) is 11.5. The Morgan fingerprint density at radius 1 is 1.45 bits per heavy atom. The zero-order valence-electron chi connectivity index (χ0n) is 11.8.